The summed E-state index contributed by atoms with van der Waals surface area (Å²) in [6, 6.07) is 3.86. The molecule has 0 aliphatic heterocycles. The number of halogens is 1. The highest BCUT2D eigenvalue weighted by Gasteiger charge is 2.22. The van der Waals surface area contributed by atoms with Gasteiger partial charge < -0.3 is 15.5 Å². The molecule has 0 aliphatic rings. The van der Waals surface area contributed by atoms with Crippen LogP contribution in [0.25, 0.3) is 0 Å². The second kappa shape index (κ2) is 7.04. The van der Waals surface area contributed by atoms with Crippen LogP contribution in [0.2, 0.25) is 0 Å². The molecule has 0 saturated heterocycles. The number of amides is 1. The van der Waals surface area contributed by atoms with Crippen LogP contribution < -0.4 is 5.32 Å². The van der Waals surface area contributed by atoms with Gasteiger partial charge in [0.1, 0.15) is 6.04 Å². The molecule has 0 radical (unpaired) electrons. The number of benzene rings is 1. The van der Waals surface area contributed by atoms with Crippen LogP contribution in [0.15, 0.2) is 22.7 Å². The van der Waals surface area contributed by atoms with E-state index in [1.165, 1.54) is 0 Å². The van der Waals surface area contributed by atoms with Crippen LogP contribution in [-0.4, -0.2) is 34.1 Å². The molecule has 3 N–H and O–H groups in total. The molecule has 0 fully saturated rings. The summed E-state index contributed by atoms with van der Waals surface area (Å²) in [4.78, 5) is 33.5. The lowest BCUT2D eigenvalue weighted by atomic mass is 10.1. The topological polar surface area (TPSA) is 104 Å². The molecule has 1 atom stereocenters. The van der Waals surface area contributed by atoms with Crippen molar-refractivity contribution in [2.75, 3.05) is 0 Å². The van der Waals surface area contributed by atoms with Gasteiger partial charge in [-0.25, -0.2) is 4.79 Å². The van der Waals surface area contributed by atoms with Crippen molar-refractivity contribution in [1.82, 2.24) is 5.32 Å². The molecular weight excluding hydrogens is 330 g/mol. The van der Waals surface area contributed by atoms with E-state index >= 15 is 0 Å². The Balaban J connectivity index is 2.82. The Labute approximate surface area is 123 Å². The van der Waals surface area contributed by atoms with Gasteiger partial charge in [0.2, 0.25) is 0 Å². The Hall–Kier alpha value is -1.89. The van der Waals surface area contributed by atoms with E-state index < -0.39 is 23.9 Å². The van der Waals surface area contributed by atoms with Crippen LogP contribution in [-0.2, 0) is 9.59 Å². The van der Waals surface area contributed by atoms with Crippen molar-refractivity contribution < 1.29 is 24.6 Å². The van der Waals surface area contributed by atoms with Crippen molar-refractivity contribution in [3.05, 3.63) is 33.8 Å². The number of hydrogen-bond donors (Lipinski definition) is 3. The van der Waals surface area contributed by atoms with Gasteiger partial charge in [-0.3, -0.25) is 9.59 Å². The Morgan fingerprint density at radius 1 is 1.30 bits per heavy atom. The Morgan fingerprint density at radius 3 is 2.50 bits per heavy atom. The summed E-state index contributed by atoms with van der Waals surface area (Å²) in [5, 5.41) is 19.9. The highest BCUT2D eigenvalue weighted by atomic mass is 79.9. The second-order valence-electron chi connectivity index (χ2n) is 4.26. The van der Waals surface area contributed by atoms with Crippen LogP contribution in [0, 0.1) is 6.92 Å². The third-order valence-electron chi connectivity index (χ3n) is 2.69. The largest absolute Gasteiger partial charge is 0.481 e. The quantitative estimate of drug-likeness (QED) is 0.730. The molecule has 1 amide bonds. The minimum Gasteiger partial charge on any atom is -0.481 e. The molecule has 7 heteroatoms. The van der Waals surface area contributed by atoms with Gasteiger partial charge in [-0.05, 0) is 31.0 Å². The fourth-order valence-electron chi connectivity index (χ4n) is 1.60. The maximum atomic E-state index is 12.0. The standard InChI is InChI=1S/C13H14BrNO5/c1-7-2-3-8(14)6-9(7)12(18)15-10(13(19)20)4-5-11(16)17/h2-3,6,10H,4-5H2,1H3,(H,15,18)(H,16,17)(H,19,20). The molecule has 1 unspecified atom stereocenters. The predicted molar refractivity (Wildman–Crippen MR) is 74.6 cm³/mol. The molecule has 1 aromatic carbocycles. The summed E-state index contributed by atoms with van der Waals surface area (Å²) in [5.74, 6) is -2.90. The van der Waals surface area contributed by atoms with E-state index in [1.54, 1.807) is 25.1 Å². The summed E-state index contributed by atoms with van der Waals surface area (Å²) in [7, 11) is 0. The van der Waals surface area contributed by atoms with Gasteiger partial charge in [0.15, 0.2) is 0 Å². The van der Waals surface area contributed by atoms with Gasteiger partial charge >= 0.3 is 11.9 Å². The third kappa shape index (κ3) is 4.65. The first-order valence-electron chi connectivity index (χ1n) is 5.83. The van der Waals surface area contributed by atoms with Crippen LogP contribution in [0.4, 0.5) is 0 Å². The van der Waals surface area contributed by atoms with E-state index in [9.17, 15) is 14.4 Å². The van der Waals surface area contributed by atoms with Crippen LogP contribution in [0.5, 0.6) is 0 Å². The lowest BCUT2D eigenvalue weighted by Gasteiger charge is -2.14. The molecule has 0 heterocycles. The van der Waals surface area contributed by atoms with Gasteiger partial charge in [-0.15, -0.1) is 0 Å². The normalized spacial score (nSPS) is 11.7. The number of aryl methyl sites for hydroxylation is 1. The molecule has 20 heavy (non-hydrogen) atoms. The van der Waals surface area contributed by atoms with E-state index in [0.29, 0.717) is 15.6 Å². The number of carbonyl (C=O) groups excluding carboxylic acids is 1. The van der Waals surface area contributed by atoms with E-state index in [2.05, 4.69) is 21.2 Å². The van der Waals surface area contributed by atoms with E-state index in [1.807, 2.05) is 0 Å². The van der Waals surface area contributed by atoms with Crippen molar-refractivity contribution in [1.29, 1.82) is 0 Å². The molecule has 0 aromatic heterocycles. The maximum Gasteiger partial charge on any atom is 0.326 e. The van der Waals surface area contributed by atoms with Gasteiger partial charge in [0.05, 0.1) is 0 Å². The van der Waals surface area contributed by atoms with Gasteiger partial charge in [0.25, 0.3) is 5.91 Å². The van der Waals surface area contributed by atoms with Crippen molar-refractivity contribution >= 4 is 33.8 Å². The van der Waals surface area contributed by atoms with Crippen LogP contribution in [0.3, 0.4) is 0 Å². The number of carboxylic acids is 2. The first-order chi connectivity index (χ1) is 9.31. The zero-order valence-corrected chi connectivity index (χ0v) is 12.3. The van der Waals surface area contributed by atoms with E-state index in [4.69, 9.17) is 10.2 Å². The van der Waals surface area contributed by atoms with Crippen LogP contribution in [0.1, 0.15) is 28.8 Å². The Bertz CT molecular complexity index is 544. The lowest BCUT2D eigenvalue weighted by Crippen LogP contribution is -2.41. The van der Waals surface area contributed by atoms with Gasteiger partial charge in [-0.1, -0.05) is 22.0 Å². The first-order valence-corrected chi connectivity index (χ1v) is 6.62. The maximum absolute atomic E-state index is 12.0. The number of aliphatic carboxylic acids is 2. The smallest absolute Gasteiger partial charge is 0.326 e. The minimum absolute atomic E-state index is 0.163. The zero-order chi connectivity index (χ0) is 15.3. The SMILES string of the molecule is Cc1ccc(Br)cc1C(=O)NC(CCC(=O)O)C(=O)O. The molecular formula is C13H14BrNO5. The average molecular weight is 344 g/mol. The van der Waals surface area contributed by atoms with Crippen LogP contribution >= 0.6 is 15.9 Å². The lowest BCUT2D eigenvalue weighted by molar-refractivity contribution is -0.140. The first kappa shape index (κ1) is 16.2. The van der Waals surface area contributed by atoms with Crippen molar-refractivity contribution in [2.24, 2.45) is 0 Å². The van der Waals surface area contributed by atoms with Crippen molar-refractivity contribution in [3.8, 4) is 0 Å². The molecule has 0 spiro atoms. The molecule has 1 rings (SSSR count). The molecule has 1 aromatic rings. The number of carbonyl (C=O) groups is 3. The molecule has 108 valence electrons. The summed E-state index contributed by atoms with van der Waals surface area (Å²) >= 11 is 3.24. The number of hydrogen-bond acceptors (Lipinski definition) is 3. The van der Waals surface area contributed by atoms with Crippen molar-refractivity contribution in [3.63, 3.8) is 0 Å². The Kier molecular flexibility index (Phi) is 5.69. The van der Waals surface area contributed by atoms with Gasteiger partial charge in [-0.2, -0.15) is 0 Å². The predicted octanol–water partition coefficient (Wildman–Crippen LogP) is 1.81. The molecule has 0 bridgehead atoms. The number of carboxylic acid groups (broad SMARTS) is 2. The monoisotopic (exact) mass is 343 g/mol. The Morgan fingerprint density at radius 2 is 1.95 bits per heavy atom. The third-order valence-corrected chi connectivity index (χ3v) is 3.19. The minimum atomic E-state index is -1.26. The molecule has 6 nitrogen and oxygen atoms in total. The summed E-state index contributed by atoms with van der Waals surface area (Å²) in [5.41, 5.74) is 1.05. The van der Waals surface area contributed by atoms with Gasteiger partial charge in [0, 0.05) is 16.5 Å². The van der Waals surface area contributed by atoms with E-state index in [-0.39, 0.29) is 12.8 Å². The summed E-state index contributed by atoms with van der Waals surface area (Å²) in [6.45, 7) is 1.73. The molecule has 0 saturated carbocycles. The van der Waals surface area contributed by atoms with Crippen molar-refractivity contribution in [2.45, 2.75) is 25.8 Å². The summed E-state index contributed by atoms with van der Waals surface area (Å²) < 4.78 is 0.700. The average Bonchev–Trinajstić information content (AvgIpc) is 2.36. The fraction of sp³-hybridized carbons (Fsp3) is 0.308. The zero-order valence-electron chi connectivity index (χ0n) is 10.7. The second-order valence-corrected chi connectivity index (χ2v) is 5.17. The molecule has 0 aliphatic carbocycles. The highest BCUT2D eigenvalue weighted by Crippen LogP contribution is 2.16. The summed E-state index contributed by atoms with van der Waals surface area (Å²) in [6.07, 6.45) is -0.488. The highest BCUT2D eigenvalue weighted by molar-refractivity contribution is 9.10. The fourth-order valence-corrected chi connectivity index (χ4v) is 1.96. The number of rotatable bonds is 6. The number of nitrogens with one attached hydrogen (secondary N) is 1. The van der Waals surface area contributed by atoms with E-state index in [0.717, 1.165) is 0 Å².